The number of carbonyl (C=O) groups is 1. The van der Waals surface area contributed by atoms with Gasteiger partial charge in [-0.05, 0) is 36.6 Å². The largest absolute Gasteiger partial charge is 0.375 e. The Balaban J connectivity index is 1.65. The fourth-order valence-corrected chi connectivity index (χ4v) is 2.78. The molecule has 0 aliphatic rings. The molecule has 0 aliphatic carbocycles. The van der Waals surface area contributed by atoms with Gasteiger partial charge in [0.15, 0.2) is 0 Å². The SMILES string of the molecule is O=C(CNc1ccc(Br)cc1Cl)NCCCc1ccccc1. The molecule has 2 aromatic rings. The van der Waals surface area contributed by atoms with Gasteiger partial charge in [0.05, 0.1) is 17.3 Å². The molecular formula is C17H18BrClN2O. The number of hydrogen-bond donors (Lipinski definition) is 2. The summed E-state index contributed by atoms with van der Waals surface area (Å²) in [5, 5.41) is 6.52. The van der Waals surface area contributed by atoms with Gasteiger partial charge in [0.1, 0.15) is 0 Å². The second-order valence-corrected chi connectivity index (χ2v) is 6.24. The van der Waals surface area contributed by atoms with Gasteiger partial charge >= 0.3 is 0 Å². The zero-order valence-electron chi connectivity index (χ0n) is 12.1. The van der Waals surface area contributed by atoms with Crippen molar-refractivity contribution in [2.45, 2.75) is 12.8 Å². The average Bonchev–Trinajstić information content (AvgIpc) is 2.52. The van der Waals surface area contributed by atoms with Gasteiger partial charge in [-0.1, -0.05) is 57.9 Å². The van der Waals surface area contributed by atoms with Crippen molar-refractivity contribution >= 4 is 39.1 Å². The van der Waals surface area contributed by atoms with Crippen molar-refractivity contribution in [1.82, 2.24) is 5.32 Å². The van der Waals surface area contributed by atoms with Gasteiger partial charge in [0.25, 0.3) is 0 Å². The number of carbonyl (C=O) groups excluding carboxylic acids is 1. The van der Waals surface area contributed by atoms with E-state index in [1.807, 2.05) is 30.3 Å². The number of rotatable bonds is 7. The summed E-state index contributed by atoms with van der Waals surface area (Å²) in [5.41, 5.74) is 2.04. The molecule has 1 amide bonds. The Hall–Kier alpha value is -1.52. The topological polar surface area (TPSA) is 41.1 Å². The molecule has 116 valence electrons. The molecule has 0 bridgehead atoms. The Morgan fingerprint density at radius 3 is 2.64 bits per heavy atom. The van der Waals surface area contributed by atoms with Crippen LogP contribution >= 0.6 is 27.5 Å². The molecule has 0 aromatic heterocycles. The van der Waals surface area contributed by atoms with Crippen molar-refractivity contribution in [3.63, 3.8) is 0 Å². The van der Waals surface area contributed by atoms with Gasteiger partial charge in [0.2, 0.25) is 5.91 Å². The highest BCUT2D eigenvalue weighted by Gasteiger charge is 2.04. The monoisotopic (exact) mass is 380 g/mol. The van der Waals surface area contributed by atoms with E-state index in [2.05, 4.69) is 38.7 Å². The standard InChI is InChI=1S/C17H18BrClN2O/c18-14-8-9-16(15(19)11-14)21-12-17(22)20-10-4-7-13-5-2-1-3-6-13/h1-3,5-6,8-9,11,21H,4,7,10,12H2,(H,20,22). The third-order valence-electron chi connectivity index (χ3n) is 3.18. The number of hydrogen-bond acceptors (Lipinski definition) is 2. The Kier molecular flexibility index (Phi) is 6.74. The fourth-order valence-electron chi connectivity index (χ4n) is 2.04. The predicted octanol–water partition coefficient (Wildman–Crippen LogP) is 4.26. The summed E-state index contributed by atoms with van der Waals surface area (Å²) >= 11 is 9.43. The fraction of sp³-hybridized carbons (Fsp3) is 0.235. The van der Waals surface area contributed by atoms with Crippen LogP contribution in [-0.4, -0.2) is 19.0 Å². The predicted molar refractivity (Wildman–Crippen MR) is 95.4 cm³/mol. The van der Waals surface area contributed by atoms with E-state index in [-0.39, 0.29) is 12.5 Å². The van der Waals surface area contributed by atoms with Gasteiger partial charge in [-0.25, -0.2) is 0 Å². The minimum atomic E-state index is -0.0351. The van der Waals surface area contributed by atoms with Crippen LogP contribution in [0, 0.1) is 0 Å². The second-order valence-electron chi connectivity index (χ2n) is 4.92. The van der Waals surface area contributed by atoms with Crippen LogP contribution in [-0.2, 0) is 11.2 Å². The first-order valence-corrected chi connectivity index (χ1v) is 8.32. The third kappa shape index (κ3) is 5.70. The maximum atomic E-state index is 11.8. The van der Waals surface area contributed by atoms with Gasteiger partial charge in [-0.2, -0.15) is 0 Å². The van der Waals surface area contributed by atoms with Crippen LogP contribution in [0.15, 0.2) is 53.0 Å². The van der Waals surface area contributed by atoms with E-state index in [4.69, 9.17) is 11.6 Å². The van der Waals surface area contributed by atoms with E-state index in [1.54, 1.807) is 6.07 Å². The Bertz CT molecular complexity index is 619. The minimum Gasteiger partial charge on any atom is -0.375 e. The molecule has 0 atom stereocenters. The third-order valence-corrected chi connectivity index (χ3v) is 3.98. The van der Waals surface area contributed by atoms with Crippen molar-refractivity contribution in [3.8, 4) is 0 Å². The van der Waals surface area contributed by atoms with Crippen LogP contribution in [0.2, 0.25) is 5.02 Å². The molecule has 0 fully saturated rings. The van der Waals surface area contributed by atoms with Gasteiger partial charge < -0.3 is 10.6 Å². The van der Waals surface area contributed by atoms with E-state index in [0.29, 0.717) is 11.6 Å². The lowest BCUT2D eigenvalue weighted by atomic mass is 10.1. The number of nitrogens with one attached hydrogen (secondary N) is 2. The summed E-state index contributed by atoms with van der Waals surface area (Å²) in [7, 11) is 0. The van der Waals surface area contributed by atoms with Gasteiger partial charge in [-0.15, -0.1) is 0 Å². The molecule has 0 heterocycles. The quantitative estimate of drug-likeness (QED) is 0.704. The van der Waals surface area contributed by atoms with Crippen molar-refractivity contribution in [1.29, 1.82) is 0 Å². The normalized spacial score (nSPS) is 10.3. The summed E-state index contributed by atoms with van der Waals surface area (Å²) in [5.74, 6) is -0.0351. The highest BCUT2D eigenvalue weighted by atomic mass is 79.9. The molecule has 2 rings (SSSR count). The molecule has 5 heteroatoms. The molecule has 3 nitrogen and oxygen atoms in total. The average molecular weight is 382 g/mol. The number of amides is 1. The van der Waals surface area contributed by atoms with Crippen LogP contribution in [0.5, 0.6) is 0 Å². The first kappa shape index (κ1) is 16.8. The molecular weight excluding hydrogens is 364 g/mol. The van der Waals surface area contributed by atoms with E-state index >= 15 is 0 Å². The summed E-state index contributed by atoms with van der Waals surface area (Å²) in [4.78, 5) is 11.8. The lowest BCUT2D eigenvalue weighted by molar-refractivity contribution is -0.119. The molecule has 0 spiro atoms. The molecule has 0 saturated carbocycles. The molecule has 0 aliphatic heterocycles. The van der Waals surface area contributed by atoms with E-state index < -0.39 is 0 Å². The van der Waals surface area contributed by atoms with E-state index in [9.17, 15) is 4.79 Å². The van der Waals surface area contributed by atoms with Gasteiger partial charge in [0, 0.05) is 11.0 Å². The minimum absolute atomic E-state index is 0.0351. The van der Waals surface area contributed by atoms with Crippen molar-refractivity contribution in [2.24, 2.45) is 0 Å². The van der Waals surface area contributed by atoms with Crippen LogP contribution in [0.4, 0.5) is 5.69 Å². The number of benzene rings is 2. The molecule has 2 N–H and O–H groups in total. The molecule has 0 unspecified atom stereocenters. The summed E-state index contributed by atoms with van der Waals surface area (Å²) in [6, 6.07) is 15.8. The van der Waals surface area contributed by atoms with Crippen LogP contribution in [0.25, 0.3) is 0 Å². The second kappa shape index (κ2) is 8.81. The van der Waals surface area contributed by atoms with Crippen LogP contribution in [0.3, 0.4) is 0 Å². The lowest BCUT2D eigenvalue weighted by Crippen LogP contribution is -2.30. The summed E-state index contributed by atoms with van der Waals surface area (Å²) < 4.78 is 0.911. The Morgan fingerprint density at radius 2 is 1.91 bits per heavy atom. The maximum absolute atomic E-state index is 11.8. The van der Waals surface area contributed by atoms with Crippen LogP contribution < -0.4 is 10.6 Å². The lowest BCUT2D eigenvalue weighted by Gasteiger charge is -2.09. The molecule has 0 saturated heterocycles. The number of halogens is 2. The molecule has 2 aromatic carbocycles. The highest BCUT2D eigenvalue weighted by Crippen LogP contribution is 2.25. The summed E-state index contributed by atoms with van der Waals surface area (Å²) in [6.45, 7) is 0.885. The summed E-state index contributed by atoms with van der Waals surface area (Å²) in [6.07, 6.45) is 1.89. The van der Waals surface area contributed by atoms with Crippen molar-refractivity contribution < 1.29 is 4.79 Å². The molecule has 22 heavy (non-hydrogen) atoms. The first-order chi connectivity index (χ1) is 10.6. The first-order valence-electron chi connectivity index (χ1n) is 7.15. The van der Waals surface area contributed by atoms with Crippen LogP contribution in [0.1, 0.15) is 12.0 Å². The zero-order valence-corrected chi connectivity index (χ0v) is 14.5. The van der Waals surface area contributed by atoms with Crippen molar-refractivity contribution in [2.75, 3.05) is 18.4 Å². The zero-order chi connectivity index (χ0) is 15.8. The highest BCUT2D eigenvalue weighted by molar-refractivity contribution is 9.10. The molecule has 0 radical (unpaired) electrons. The van der Waals surface area contributed by atoms with E-state index in [0.717, 1.165) is 23.0 Å². The van der Waals surface area contributed by atoms with E-state index in [1.165, 1.54) is 5.56 Å². The number of anilines is 1. The number of aryl methyl sites for hydroxylation is 1. The smallest absolute Gasteiger partial charge is 0.239 e. The Morgan fingerprint density at radius 1 is 1.14 bits per heavy atom. The van der Waals surface area contributed by atoms with Gasteiger partial charge in [-0.3, -0.25) is 4.79 Å². The maximum Gasteiger partial charge on any atom is 0.239 e. The van der Waals surface area contributed by atoms with Crippen molar-refractivity contribution in [3.05, 3.63) is 63.6 Å². The Labute approximate surface area is 144 Å².